The predicted molar refractivity (Wildman–Crippen MR) is 117 cm³/mol. The molecule has 0 N–H and O–H groups in total. The van der Waals surface area contributed by atoms with Crippen LogP contribution < -0.4 is 5.30 Å². The topological polar surface area (TPSA) is 88.1 Å². The van der Waals surface area contributed by atoms with E-state index in [-0.39, 0.29) is 42.9 Å². The molecule has 0 aliphatic rings. The smallest absolute Gasteiger partial charge is 0.361 e. The standard InChI is InChI=1S/C22H35O7P/c1-5-9-13-28-30(25,29-14-10-6-2)20-16-18(21(23)26-11-7-3)15-19(17-20)22(24)27-12-8-4/h15-17H,5-14H2,1-4H3. The molecule has 1 rings (SSSR count). The van der Waals surface area contributed by atoms with Crippen molar-refractivity contribution in [1.82, 2.24) is 0 Å². The van der Waals surface area contributed by atoms with Crippen molar-refractivity contribution in [2.75, 3.05) is 26.4 Å². The number of unbranched alkanes of at least 4 members (excludes halogenated alkanes) is 2. The summed E-state index contributed by atoms with van der Waals surface area (Å²) >= 11 is 0. The van der Waals surface area contributed by atoms with Crippen molar-refractivity contribution in [2.45, 2.75) is 66.2 Å². The molecule has 0 radical (unpaired) electrons. The molecule has 0 bridgehead atoms. The lowest BCUT2D eigenvalue weighted by atomic mass is 10.1. The quantitative estimate of drug-likeness (QED) is 0.208. The summed E-state index contributed by atoms with van der Waals surface area (Å²) in [4.78, 5) is 24.9. The van der Waals surface area contributed by atoms with Crippen LogP contribution in [0.15, 0.2) is 18.2 Å². The van der Waals surface area contributed by atoms with E-state index in [0.717, 1.165) is 12.8 Å². The Morgan fingerprint density at radius 3 is 1.50 bits per heavy atom. The van der Waals surface area contributed by atoms with Crippen molar-refractivity contribution in [1.29, 1.82) is 0 Å². The van der Waals surface area contributed by atoms with E-state index in [9.17, 15) is 14.2 Å². The molecule has 0 amide bonds. The van der Waals surface area contributed by atoms with Gasteiger partial charge >= 0.3 is 19.5 Å². The number of carbonyl (C=O) groups excluding carboxylic acids is 2. The minimum absolute atomic E-state index is 0.114. The zero-order valence-electron chi connectivity index (χ0n) is 18.6. The van der Waals surface area contributed by atoms with Crippen LogP contribution in [0.25, 0.3) is 0 Å². The second-order valence-electron chi connectivity index (χ2n) is 6.91. The van der Waals surface area contributed by atoms with Crippen LogP contribution in [0.5, 0.6) is 0 Å². The van der Waals surface area contributed by atoms with Gasteiger partial charge in [-0.15, -0.1) is 0 Å². The minimum Gasteiger partial charge on any atom is -0.462 e. The average Bonchev–Trinajstić information content (AvgIpc) is 2.75. The summed E-state index contributed by atoms with van der Waals surface area (Å²) in [7, 11) is -3.73. The number of hydrogen-bond acceptors (Lipinski definition) is 7. The lowest BCUT2D eigenvalue weighted by Gasteiger charge is -2.20. The first-order chi connectivity index (χ1) is 14.4. The van der Waals surface area contributed by atoms with Gasteiger partial charge in [-0.3, -0.25) is 4.57 Å². The maximum atomic E-state index is 13.6. The van der Waals surface area contributed by atoms with Crippen molar-refractivity contribution in [3.05, 3.63) is 29.3 Å². The summed E-state index contributed by atoms with van der Waals surface area (Å²) in [6.45, 7) is 8.76. The maximum Gasteiger partial charge on any atom is 0.361 e. The van der Waals surface area contributed by atoms with Gasteiger partial charge in [0.2, 0.25) is 0 Å². The second kappa shape index (κ2) is 14.3. The SMILES string of the molecule is CCCCOP(=O)(OCCCC)c1cc(C(=O)OCCC)cc(C(=O)OCCC)c1. The van der Waals surface area contributed by atoms with Crippen LogP contribution in [0.3, 0.4) is 0 Å². The third kappa shape index (κ3) is 8.58. The van der Waals surface area contributed by atoms with Crippen LogP contribution in [0, 0.1) is 0 Å². The molecule has 7 nitrogen and oxygen atoms in total. The Kier molecular flexibility index (Phi) is 12.6. The molecule has 1 aromatic carbocycles. The molecule has 0 saturated heterocycles. The van der Waals surface area contributed by atoms with Crippen molar-refractivity contribution >= 4 is 24.8 Å². The van der Waals surface area contributed by atoms with E-state index in [0.29, 0.717) is 25.7 Å². The third-order valence-corrected chi connectivity index (χ3v) is 6.03. The number of carbonyl (C=O) groups is 2. The van der Waals surface area contributed by atoms with Gasteiger partial charge in [0.25, 0.3) is 0 Å². The minimum atomic E-state index is -3.73. The van der Waals surface area contributed by atoms with Gasteiger partial charge in [-0.25, -0.2) is 9.59 Å². The number of hydrogen-bond donors (Lipinski definition) is 0. The third-order valence-electron chi connectivity index (χ3n) is 4.10. The summed E-state index contributed by atoms with van der Waals surface area (Å²) in [6.07, 6.45) is 4.49. The summed E-state index contributed by atoms with van der Waals surface area (Å²) < 4.78 is 35.3. The first-order valence-electron chi connectivity index (χ1n) is 10.8. The Hall–Kier alpha value is -1.69. The fourth-order valence-electron chi connectivity index (χ4n) is 2.41. The van der Waals surface area contributed by atoms with E-state index in [1.54, 1.807) is 0 Å². The van der Waals surface area contributed by atoms with Gasteiger partial charge in [0.15, 0.2) is 0 Å². The first kappa shape index (κ1) is 26.3. The number of benzene rings is 1. The molecule has 30 heavy (non-hydrogen) atoms. The van der Waals surface area contributed by atoms with E-state index in [1.165, 1.54) is 18.2 Å². The van der Waals surface area contributed by atoms with E-state index in [2.05, 4.69) is 0 Å². The molecular formula is C22H35O7P. The molecular weight excluding hydrogens is 407 g/mol. The van der Waals surface area contributed by atoms with Crippen LogP contribution in [0.1, 0.15) is 86.9 Å². The van der Waals surface area contributed by atoms with Gasteiger partial charge in [0.05, 0.1) is 42.9 Å². The van der Waals surface area contributed by atoms with Gasteiger partial charge in [-0.2, -0.15) is 0 Å². The second-order valence-corrected chi connectivity index (χ2v) is 8.94. The summed E-state index contributed by atoms with van der Waals surface area (Å²) in [5, 5.41) is 0.157. The molecule has 0 heterocycles. The van der Waals surface area contributed by atoms with Crippen LogP contribution in [-0.2, 0) is 23.1 Å². The van der Waals surface area contributed by atoms with Crippen molar-refractivity contribution in [3.8, 4) is 0 Å². The molecule has 0 aliphatic heterocycles. The number of ether oxygens (including phenoxy) is 2. The normalized spacial score (nSPS) is 11.3. The molecule has 0 aliphatic carbocycles. The molecule has 0 saturated carbocycles. The lowest BCUT2D eigenvalue weighted by Crippen LogP contribution is -2.18. The average molecular weight is 442 g/mol. The Bertz CT molecular complexity index is 665. The fourth-order valence-corrected chi connectivity index (χ4v) is 4.11. The van der Waals surface area contributed by atoms with Gasteiger partial charge in [-0.1, -0.05) is 40.5 Å². The van der Waals surface area contributed by atoms with Gasteiger partial charge in [-0.05, 0) is 43.9 Å². The molecule has 0 atom stereocenters. The fraction of sp³-hybridized carbons (Fsp3) is 0.636. The van der Waals surface area contributed by atoms with Gasteiger partial charge < -0.3 is 18.5 Å². The highest BCUT2D eigenvalue weighted by atomic mass is 31.2. The predicted octanol–water partition coefficient (Wildman–Crippen LogP) is 5.27. The lowest BCUT2D eigenvalue weighted by molar-refractivity contribution is 0.0503. The Labute approximate surface area is 180 Å². The summed E-state index contributed by atoms with van der Waals surface area (Å²) in [5.41, 5.74) is 0.227. The molecule has 0 fully saturated rings. The Balaban J connectivity index is 3.34. The highest BCUT2D eigenvalue weighted by Gasteiger charge is 2.30. The summed E-state index contributed by atoms with van der Waals surface area (Å²) in [6, 6.07) is 4.24. The monoisotopic (exact) mass is 442 g/mol. The zero-order valence-corrected chi connectivity index (χ0v) is 19.5. The number of rotatable bonds is 15. The van der Waals surface area contributed by atoms with Crippen LogP contribution >= 0.6 is 7.60 Å². The zero-order chi connectivity index (χ0) is 22.4. The van der Waals surface area contributed by atoms with Crippen molar-refractivity contribution in [3.63, 3.8) is 0 Å². The van der Waals surface area contributed by atoms with E-state index in [4.69, 9.17) is 18.5 Å². The maximum absolute atomic E-state index is 13.6. The molecule has 8 heteroatoms. The largest absolute Gasteiger partial charge is 0.462 e. The van der Waals surface area contributed by atoms with Crippen LogP contribution in [0.4, 0.5) is 0 Å². The molecule has 0 spiro atoms. The molecule has 1 aromatic rings. The van der Waals surface area contributed by atoms with E-state index in [1.807, 2.05) is 27.7 Å². The van der Waals surface area contributed by atoms with Crippen molar-refractivity contribution < 1.29 is 32.7 Å². The van der Waals surface area contributed by atoms with E-state index >= 15 is 0 Å². The number of esters is 2. The molecule has 0 aromatic heterocycles. The van der Waals surface area contributed by atoms with Crippen molar-refractivity contribution in [2.24, 2.45) is 0 Å². The van der Waals surface area contributed by atoms with Crippen LogP contribution in [-0.4, -0.2) is 38.4 Å². The van der Waals surface area contributed by atoms with Gasteiger partial charge in [0.1, 0.15) is 0 Å². The highest BCUT2D eigenvalue weighted by Crippen LogP contribution is 2.47. The molecule has 170 valence electrons. The molecule has 0 unspecified atom stereocenters. The Morgan fingerprint density at radius 1 is 0.700 bits per heavy atom. The highest BCUT2D eigenvalue weighted by molar-refractivity contribution is 7.62. The first-order valence-corrected chi connectivity index (χ1v) is 12.3. The summed E-state index contributed by atoms with van der Waals surface area (Å²) in [5.74, 6) is -1.20. The van der Waals surface area contributed by atoms with Gasteiger partial charge in [0, 0.05) is 0 Å². The Morgan fingerprint density at radius 2 is 1.13 bits per heavy atom. The van der Waals surface area contributed by atoms with E-state index < -0.39 is 19.5 Å². The van der Waals surface area contributed by atoms with Crippen LogP contribution in [0.2, 0.25) is 0 Å².